The summed E-state index contributed by atoms with van der Waals surface area (Å²) < 4.78 is 25.9. The van der Waals surface area contributed by atoms with Gasteiger partial charge in [-0.1, -0.05) is 40.2 Å². The van der Waals surface area contributed by atoms with Gasteiger partial charge in [0.25, 0.3) is 5.56 Å². The van der Waals surface area contributed by atoms with E-state index in [0.29, 0.717) is 32.4 Å². The predicted molar refractivity (Wildman–Crippen MR) is 123 cm³/mol. The number of benzene rings is 3. The summed E-state index contributed by atoms with van der Waals surface area (Å²) in [6.45, 7) is 0.148. The lowest BCUT2D eigenvalue weighted by molar-refractivity contribution is 0.284. The normalized spacial score (nSPS) is 11.2. The molecule has 32 heavy (non-hydrogen) atoms. The largest absolute Gasteiger partial charge is 0.493 e. The highest BCUT2D eigenvalue weighted by atomic mass is 79.9. The predicted octanol–water partition coefficient (Wildman–Crippen LogP) is 4.06. The van der Waals surface area contributed by atoms with Crippen molar-refractivity contribution in [2.45, 2.75) is 6.61 Å². The van der Waals surface area contributed by atoms with Gasteiger partial charge >= 0.3 is 5.69 Å². The van der Waals surface area contributed by atoms with Crippen molar-refractivity contribution >= 4 is 33.0 Å². The molecule has 0 fully saturated rings. The zero-order valence-corrected chi connectivity index (χ0v) is 18.4. The number of aromatic nitrogens is 2. The summed E-state index contributed by atoms with van der Waals surface area (Å²) >= 11 is 3.40. The second-order valence-corrected chi connectivity index (χ2v) is 7.69. The number of nitrogens with zero attached hydrogens (tertiary/aromatic N) is 2. The summed E-state index contributed by atoms with van der Waals surface area (Å²) in [5.74, 6) is 0.436. The van der Waals surface area contributed by atoms with Crippen LogP contribution < -0.4 is 20.7 Å². The van der Waals surface area contributed by atoms with E-state index in [4.69, 9.17) is 9.47 Å². The lowest BCUT2D eigenvalue weighted by Gasteiger charge is -2.14. The maximum absolute atomic E-state index is 13.2. The number of halogens is 2. The second kappa shape index (κ2) is 9.19. The van der Waals surface area contributed by atoms with E-state index >= 15 is 0 Å². The molecule has 0 atom stereocenters. The van der Waals surface area contributed by atoms with Crippen LogP contribution in [0.4, 0.5) is 4.39 Å². The van der Waals surface area contributed by atoms with E-state index in [2.05, 4.69) is 26.0 Å². The van der Waals surface area contributed by atoms with Crippen molar-refractivity contribution in [3.05, 3.63) is 103 Å². The van der Waals surface area contributed by atoms with E-state index in [0.717, 1.165) is 10.2 Å². The molecule has 0 saturated heterocycles. The summed E-state index contributed by atoms with van der Waals surface area (Å²) in [5.41, 5.74) is 0.442. The first kappa shape index (κ1) is 21.5. The molecule has 0 aliphatic carbocycles. The fourth-order valence-electron chi connectivity index (χ4n) is 3.10. The quantitative estimate of drug-likeness (QED) is 0.407. The average molecular weight is 498 g/mol. The van der Waals surface area contributed by atoms with Crippen molar-refractivity contribution in [3.8, 4) is 11.5 Å². The molecule has 0 spiro atoms. The van der Waals surface area contributed by atoms with Gasteiger partial charge in [-0.3, -0.25) is 4.79 Å². The van der Waals surface area contributed by atoms with E-state index in [1.807, 2.05) is 0 Å². The van der Waals surface area contributed by atoms with Crippen molar-refractivity contribution in [3.63, 3.8) is 0 Å². The minimum Gasteiger partial charge on any atom is -0.493 e. The number of aromatic amines is 1. The maximum Gasteiger partial charge on any atom is 0.349 e. The smallest absolute Gasteiger partial charge is 0.349 e. The Labute approximate surface area is 189 Å². The summed E-state index contributed by atoms with van der Waals surface area (Å²) in [6, 6.07) is 16.0. The molecule has 4 rings (SSSR count). The molecule has 0 saturated carbocycles. The first-order valence-electron chi connectivity index (χ1n) is 9.49. The number of rotatable bonds is 6. The lowest BCUT2D eigenvalue weighted by atomic mass is 10.2. The van der Waals surface area contributed by atoms with Gasteiger partial charge in [-0.2, -0.15) is 5.10 Å². The highest BCUT2D eigenvalue weighted by Crippen LogP contribution is 2.34. The van der Waals surface area contributed by atoms with Crippen LogP contribution in [-0.4, -0.2) is 23.0 Å². The number of H-pyrrole nitrogens is 1. The van der Waals surface area contributed by atoms with Gasteiger partial charge in [-0.05, 0) is 42.0 Å². The first-order chi connectivity index (χ1) is 15.5. The number of methoxy groups -OCH3 is 1. The standard InChI is InChI=1S/C23H17BrFN3O4/c1-31-20-11-16(24)10-15(21(20)32-13-14-6-8-17(25)9-7-14)12-26-28-22(29)18-4-2-3-5-19(18)27-23(28)30/h2-12H,13H2,1H3,(H,27,30). The molecule has 0 amide bonds. The van der Waals surface area contributed by atoms with Crippen LogP contribution in [0.2, 0.25) is 0 Å². The zero-order valence-electron chi connectivity index (χ0n) is 16.8. The topological polar surface area (TPSA) is 85.7 Å². The van der Waals surface area contributed by atoms with Crippen LogP contribution in [0.1, 0.15) is 11.1 Å². The molecule has 0 aliphatic rings. The molecule has 1 aromatic heterocycles. The Morgan fingerprint density at radius 2 is 1.88 bits per heavy atom. The van der Waals surface area contributed by atoms with Crippen molar-refractivity contribution in [2.75, 3.05) is 7.11 Å². The Balaban J connectivity index is 1.73. The molecule has 1 heterocycles. The Morgan fingerprint density at radius 1 is 1.12 bits per heavy atom. The van der Waals surface area contributed by atoms with Crippen LogP contribution >= 0.6 is 15.9 Å². The molecule has 9 heteroatoms. The number of nitrogens with one attached hydrogen (secondary N) is 1. The molecule has 0 aliphatic heterocycles. The van der Waals surface area contributed by atoms with Gasteiger partial charge in [0, 0.05) is 10.0 Å². The van der Waals surface area contributed by atoms with Gasteiger partial charge in [-0.15, -0.1) is 4.68 Å². The summed E-state index contributed by atoms with van der Waals surface area (Å²) in [5, 5.41) is 4.44. The number of hydrogen-bond donors (Lipinski definition) is 1. The third kappa shape index (κ3) is 4.47. The van der Waals surface area contributed by atoms with Crippen LogP contribution in [0.5, 0.6) is 11.5 Å². The highest BCUT2D eigenvalue weighted by molar-refractivity contribution is 9.10. The third-order valence-corrected chi connectivity index (χ3v) is 5.12. The molecule has 7 nitrogen and oxygen atoms in total. The second-order valence-electron chi connectivity index (χ2n) is 6.78. The average Bonchev–Trinajstić information content (AvgIpc) is 2.79. The van der Waals surface area contributed by atoms with Crippen LogP contribution in [0.15, 0.2) is 79.8 Å². The van der Waals surface area contributed by atoms with Gasteiger partial charge in [0.15, 0.2) is 11.5 Å². The minimum absolute atomic E-state index is 0.148. The van der Waals surface area contributed by atoms with E-state index < -0.39 is 11.2 Å². The van der Waals surface area contributed by atoms with Crippen LogP contribution in [0.25, 0.3) is 10.9 Å². The highest BCUT2D eigenvalue weighted by Gasteiger charge is 2.13. The van der Waals surface area contributed by atoms with Crippen molar-refractivity contribution in [2.24, 2.45) is 5.10 Å². The minimum atomic E-state index is -0.666. The number of hydrogen-bond acceptors (Lipinski definition) is 5. The van der Waals surface area contributed by atoms with Gasteiger partial charge in [0.2, 0.25) is 0 Å². The molecule has 0 bridgehead atoms. The molecule has 0 radical (unpaired) electrons. The lowest BCUT2D eigenvalue weighted by Crippen LogP contribution is -2.32. The summed E-state index contributed by atoms with van der Waals surface area (Å²) in [7, 11) is 1.49. The molecule has 4 aromatic rings. The molecule has 1 N–H and O–H groups in total. The van der Waals surface area contributed by atoms with Gasteiger partial charge < -0.3 is 14.5 Å². The van der Waals surface area contributed by atoms with Crippen molar-refractivity contribution in [1.82, 2.24) is 9.66 Å². The Hall–Kier alpha value is -3.72. The molecule has 3 aromatic carbocycles. The number of fused-ring (bicyclic) bond motifs is 1. The molecular formula is C23H17BrFN3O4. The number of para-hydroxylation sites is 1. The van der Waals surface area contributed by atoms with E-state index in [-0.39, 0.29) is 12.4 Å². The van der Waals surface area contributed by atoms with Gasteiger partial charge in [0.1, 0.15) is 12.4 Å². The Kier molecular flexibility index (Phi) is 6.18. The maximum atomic E-state index is 13.2. The molecule has 0 unspecified atom stereocenters. The van der Waals surface area contributed by atoms with E-state index in [1.165, 1.54) is 25.5 Å². The van der Waals surface area contributed by atoms with Gasteiger partial charge in [0.05, 0.1) is 24.2 Å². The van der Waals surface area contributed by atoms with Crippen molar-refractivity contribution in [1.29, 1.82) is 0 Å². The SMILES string of the molecule is COc1cc(Br)cc(C=Nn2c(=O)[nH]c3ccccc3c2=O)c1OCc1ccc(F)cc1. The van der Waals surface area contributed by atoms with Crippen LogP contribution in [0.3, 0.4) is 0 Å². The Morgan fingerprint density at radius 3 is 2.62 bits per heavy atom. The molecular weight excluding hydrogens is 481 g/mol. The summed E-state index contributed by atoms with van der Waals surface area (Å²) in [6.07, 6.45) is 1.35. The van der Waals surface area contributed by atoms with E-state index in [1.54, 1.807) is 48.5 Å². The number of ether oxygens (including phenoxy) is 2. The van der Waals surface area contributed by atoms with Crippen LogP contribution in [0, 0.1) is 5.82 Å². The van der Waals surface area contributed by atoms with E-state index in [9.17, 15) is 14.0 Å². The van der Waals surface area contributed by atoms with Crippen LogP contribution in [-0.2, 0) is 6.61 Å². The third-order valence-electron chi connectivity index (χ3n) is 4.66. The fourth-order valence-corrected chi connectivity index (χ4v) is 3.56. The Bertz CT molecular complexity index is 1430. The molecule has 162 valence electrons. The monoisotopic (exact) mass is 497 g/mol. The summed E-state index contributed by atoms with van der Waals surface area (Å²) in [4.78, 5) is 27.7. The van der Waals surface area contributed by atoms with Gasteiger partial charge in [-0.25, -0.2) is 9.18 Å². The van der Waals surface area contributed by atoms with Crippen molar-refractivity contribution < 1.29 is 13.9 Å². The zero-order chi connectivity index (χ0) is 22.7. The fraction of sp³-hybridized carbons (Fsp3) is 0.0870. The first-order valence-corrected chi connectivity index (χ1v) is 10.3.